The summed E-state index contributed by atoms with van der Waals surface area (Å²) in [5, 5.41) is 9.31. The topological polar surface area (TPSA) is 66.8 Å². The molecule has 0 unspecified atom stereocenters. The van der Waals surface area contributed by atoms with E-state index in [-0.39, 0.29) is 23.2 Å². The fourth-order valence-corrected chi connectivity index (χ4v) is 1.57. The number of carbonyl (C=O) groups excluding carboxylic acids is 2. The van der Waals surface area contributed by atoms with E-state index >= 15 is 0 Å². The summed E-state index contributed by atoms with van der Waals surface area (Å²) in [4.78, 5) is 24.2. The van der Waals surface area contributed by atoms with Crippen LogP contribution in [-0.4, -0.2) is 34.2 Å². The van der Waals surface area contributed by atoms with Crippen molar-refractivity contribution in [3.63, 3.8) is 0 Å². The molecule has 1 N–H and O–H groups in total. The third-order valence-electron chi connectivity index (χ3n) is 1.87. The average molecular weight is 292 g/mol. The Morgan fingerprint density at radius 1 is 1.50 bits per heavy atom. The molecule has 0 saturated carbocycles. The summed E-state index contributed by atoms with van der Waals surface area (Å²) < 4.78 is 5.09. The van der Waals surface area contributed by atoms with Crippen LogP contribution in [-0.2, 0) is 9.53 Å². The minimum absolute atomic E-state index is 0.0182. The standard InChI is InChI=1S/C10H14BrNO4/c1-10(2,3)16-9(15)12-5-4-6(13)7(11)8(12)14/h13H,4-5H2,1-3H3. The highest BCUT2D eigenvalue weighted by Gasteiger charge is 2.33. The molecule has 0 aromatic carbocycles. The first-order valence-electron chi connectivity index (χ1n) is 4.85. The lowest BCUT2D eigenvalue weighted by Gasteiger charge is -2.28. The average Bonchev–Trinajstić information content (AvgIpc) is 2.11. The van der Waals surface area contributed by atoms with Gasteiger partial charge in [0.05, 0.1) is 0 Å². The number of nitrogens with zero attached hydrogens (tertiary/aromatic N) is 1. The summed E-state index contributed by atoms with van der Waals surface area (Å²) in [6.07, 6.45) is -0.451. The summed E-state index contributed by atoms with van der Waals surface area (Å²) in [6, 6.07) is 0. The van der Waals surface area contributed by atoms with E-state index in [0.29, 0.717) is 0 Å². The minimum Gasteiger partial charge on any atom is -0.511 e. The number of amides is 2. The van der Waals surface area contributed by atoms with Crippen molar-refractivity contribution in [1.82, 2.24) is 4.90 Å². The van der Waals surface area contributed by atoms with Crippen molar-refractivity contribution in [2.24, 2.45) is 0 Å². The quantitative estimate of drug-likeness (QED) is 0.744. The molecule has 0 saturated heterocycles. The van der Waals surface area contributed by atoms with Gasteiger partial charge >= 0.3 is 6.09 Å². The zero-order valence-corrected chi connectivity index (χ0v) is 11.0. The Hall–Kier alpha value is -1.04. The number of aliphatic hydroxyl groups is 1. The van der Waals surface area contributed by atoms with Crippen LogP contribution in [0, 0.1) is 0 Å². The van der Waals surface area contributed by atoms with E-state index < -0.39 is 17.6 Å². The van der Waals surface area contributed by atoms with E-state index in [1.54, 1.807) is 20.8 Å². The van der Waals surface area contributed by atoms with Crippen molar-refractivity contribution in [3.05, 3.63) is 10.2 Å². The van der Waals surface area contributed by atoms with Gasteiger partial charge in [-0.1, -0.05) is 0 Å². The third-order valence-corrected chi connectivity index (χ3v) is 2.67. The molecule has 1 aliphatic heterocycles. The summed E-state index contributed by atoms with van der Waals surface area (Å²) in [5.41, 5.74) is -0.646. The van der Waals surface area contributed by atoms with Crippen LogP contribution in [0.5, 0.6) is 0 Å². The summed E-state index contributed by atoms with van der Waals surface area (Å²) in [6.45, 7) is 5.31. The van der Waals surface area contributed by atoms with Gasteiger partial charge in [0, 0.05) is 13.0 Å². The highest BCUT2D eigenvalue weighted by atomic mass is 79.9. The van der Waals surface area contributed by atoms with Gasteiger partial charge in [-0.15, -0.1) is 0 Å². The van der Waals surface area contributed by atoms with Crippen LogP contribution >= 0.6 is 15.9 Å². The Bertz CT molecular complexity index is 356. The fraction of sp³-hybridized carbons (Fsp3) is 0.600. The van der Waals surface area contributed by atoms with Gasteiger partial charge in [-0.2, -0.15) is 0 Å². The number of carbonyl (C=O) groups is 2. The molecule has 16 heavy (non-hydrogen) atoms. The summed E-state index contributed by atoms with van der Waals surface area (Å²) >= 11 is 2.94. The van der Waals surface area contributed by atoms with Crippen molar-refractivity contribution < 1.29 is 19.4 Å². The minimum atomic E-state index is -0.693. The molecule has 0 aromatic rings. The zero-order chi connectivity index (χ0) is 12.5. The van der Waals surface area contributed by atoms with Gasteiger partial charge in [0.25, 0.3) is 5.91 Å². The van der Waals surface area contributed by atoms with Crippen LogP contribution in [0.2, 0.25) is 0 Å². The lowest BCUT2D eigenvalue weighted by atomic mass is 10.2. The molecule has 0 radical (unpaired) electrons. The Balaban J connectivity index is 2.78. The molecule has 0 fully saturated rings. The Kier molecular flexibility index (Phi) is 3.62. The van der Waals surface area contributed by atoms with E-state index in [2.05, 4.69) is 15.9 Å². The monoisotopic (exact) mass is 291 g/mol. The first-order valence-corrected chi connectivity index (χ1v) is 5.64. The maximum absolute atomic E-state index is 11.6. The molecule has 5 nitrogen and oxygen atoms in total. The Labute approximate surface area is 102 Å². The molecular formula is C10H14BrNO4. The molecule has 90 valence electrons. The van der Waals surface area contributed by atoms with Crippen LogP contribution in [0.3, 0.4) is 0 Å². The normalized spacial score (nSPS) is 17.8. The summed E-state index contributed by atoms with van der Waals surface area (Å²) in [5.74, 6) is -0.609. The molecule has 1 heterocycles. The highest BCUT2D eigenvalue weighted by Crippen LogP contribution is 2.23. The van der Waals surface area contributed by atoms with Crippen molar-refractivity contribution >= 4 is 27.9 Å². The molecule has 0 atom stereocenters. The van der Waals surface area contributed by atoms with Crippen molar-refractivity contribution in [2.75, 3.05) is 6.54 Å². The van der Waals surface area contributed by atoms with Gasteiger partial charge in [0.2, 0.25) is 0 Å². The highest BCUT2D eigenvalue weighted by molar-refractivity contribution is 9.12. The second kappa shape index (κ2) is 4.45. The molecule has 0 spiro atoms. The van der Waals surface area contributed by atoms with Crippen LogP contribution in [0.15, 0.2) is 10.2 Å². The van der Waals surface area contributed by atoms with Gasteiger partial charge in [-0.05, 0) is 36.7 Å². The van der Waals surface area contributed by atoms with Crippen LogP contribution in [0.25, 0.3) is 0 Å². The molecule has 2 amide bonds. The SMILES string of the molecule is CC(C)(C)OC(=O)N1CCC(O)=C(Br)C1=O. The number of halogens is 1. The first kappa shape index (κ1) is 13.0. The number of rotatable bonds is 0. The predicted molar refractivity (Wildman–Crippen MR) is 61.1 cm³/mol. The maximum atomic E-state index is 11.6. The first-order chi connectivity index (χ1) is 7.22. The molecule has 0 aliphatic carbocycles. The molecule has 0 bridgehead atoms. The fourth-order valence-electron chi connectivity index (χ4n) is 1.16. The number of hydrogen-bond acceptors (Lipinski definition) is 4. The van der Waals surface area contributed by atoms with Gasteiger partial charge in [-0.3, -0.25) is 4.79 Å². The molecular weight excluding hydrogens is 278 g/mol. The number of imide groups is 1. The second-order valence-corrected chi connectivity index (χ2v) is 5.24. The summed E-state index contributed by atoms with van der Waals surface area (Å²) in [7, 11) is 0. The van der Waals surface area contributed by atoms with E-state index in [0.717, 1.165) is 4.90 Å². The van der Waals surface area contributed by atoms with Crippen LogP contribution < -0.4 is 0 Å². The van der Waals surface area contributed by atoms with Crippen molar-refractivity contribution in [1.29, 1.82) is 0 Å². The van der Waals surface area contributed by atoms with Crippen LogP contribution in [0.1, 0.15) is 27.2 Å². The second-order valence-electron chi connectivity index (χ2n) is 4.45. The molecule has 1 aliphatic rings. The number of aliphatic hydroxyl groups excluding tert-OH is 1. The van der Waals surface area contributed by atoms with Gasteiger partial charge in [0.1, 0.15) is 15.8 Å². The van der Waals surface area contributed by atoms with Crippen molar-refractivity contribution in [3.8, 4) is 0 Å². The van der Waals surface area contributed by atoms with Crippen molar-refractivity contribution in [2.45, 2.75) is 32.8 Å². The maximum Gasteiger partial charge on any atom is 0.417 e. The third kappa shape index (κ3) is 2.98. The molecule has 1 rings (SSSR count). The van der Waals surface area contributed by atoms with E-state index in [1.165, 1.54) is 0 Å². The lowest BCUT2D eigenvalue weighted by molar-refractivity contribution is -0.126. The number of ether oxygens (including phenoxy) is 1. The smallest absolute Gasteiger partial charge is 0.417 e. The Morgan fingerprint density at radius 2 is 2.06 bits per heavy atom. The molecule has 0 aromatic heterocycles. The van der Waals surface area contributed by atoms with Crippen LogP contribution in [0.4, 0.5) is 4.79 Å². The Morgan fingerprint density at radius 3 is 2.56 bits per heavy atom. The largest absolute Gasteiger partial charge is 0.511 e. The van der Waals surface area contributed by atoms with Gasteiger partial charge in [-0.25, -0.2) is 9.69 Å². The number of hydrogen-bond donors (Lipinski definition) is 1. The van der Waals surface area contributed by atoms with E-state index in [9.17, 15) is 14.7 Å². The van der Waals surface area contributed by atoms with Gasteiger partial charge in [0.15, 0.2) is 0 Å². The van der Waals surface area contributed by atoms with E-state index in [1.807, 2.05) is 0 Å². The molecule has 6 heteroatoms. The zero-order valence-electron chi connectivity index (χ0n) is 9.41. The lowest BCUT2D eigenvalue weighted by Crippen LogP contribution is -2.43. The predicted octanol–water partition coefficient (Wildman–Crippen LogP) is 2.32. The van der Waals surface area contributed by atoms with Gasteiger partial charge < -0.3 is 9.84 Å². The van der Waals surface area contributed by atoms with E-state index in [4.69, 9.17) is 4.74 Å².